The van der Waals surface area contributed by atoms with Crippen LogP contribution in [-0.2, 0) is 28.8 Å². The third-order valence-electron chi connectivity index (χ3n) is 7.02. The van der Waals surface area contributed by atoms with Crippen LogP contribution in [0.25, 0.3) is 5.73 Å². The van der Waals surface area contributed by atoms with Crippen molar-refractivity contribution in [2.45, 2.75) is 56.7 Å². The van der Waals surface area contributed by atoms with Crippen molar-refractivity contribution < 1.29 is 77.8 Å². The van der Waals surface area contributed by atoms with E-state index in [0.29, 0.717) is 55.2 Å². The molecule has 7 amide bonds. The number of aromatic nitrogens is 2. The molecule has 3 aliphatic heterocycles. The third-order valence-corrected chi connectivity index (χ3v) is 7.28. The van der Waals surface area contributed by atoms with Crippen LogP contribution in [0, 0.1) is 0 Å². The first-order valence-electron chi connectivity index (χ1n) is 15.7. The van der Waals surface area contributed by atoms with Crippen molar-refractivity contribution in [3.63, 3.8) is 0 Å². The van der Waals surface area contributed by atoms with Gasteiger partial charge in [0.2, 0.25) is 34.8 Å². The number of benzene rings is 1. The number of nitrogens with two attached hydrogens (primary N) is 1. The van der Waals surface area contributed by atoms with Crippen molar-refractivity contribution in [1.82, 2.24) is 31.2 Å². The number of nitrogens with one attached hydrogen (secondary N) is 5. The second-order valence-electron chi connectivity index (χ2n) is 11.0. The first-order valence-corrected chi connectivity index (χ1v) is 16.1. The van der Waals surface area contributed by atoms with E-state index in [1.54, 1.807) is 67.0 Å². The van der Waals surface area contributed by atoms with E-state index in [4.69, 9.17) is 28.2 Å². The van der Waals surface area contributed by atoms with Crippen molar-refractivity contribution in [3.05, 3.63) is 102 Å². The van der Waals surface area contributed by atoms with Crippen molar-refractivity contribution in [3.8, 4) is 0 Å². The molecule has 3 saturated heterocycles. The summed E-state index contributed by atoms with van der Waals surface area (Å²) in [4.78, 5) is 104. The zero-order valence-corrected chi connectivity index (χ0v) is 31.7. The summed E-state index contributed by atoms with van der Waals surface area (Å²) in [6.45, 7) is 0. The number of carboxylic acids is 1. The number of carboxylic acid groups (broad SMARTS) is 1. The Morgan fingerprint density at radius 2 is 1.15 bits per heavy atom. The van der Waals surface area contributed by atoms with Crippen molar-refractivity contribution in [1.29, 1.82) is 0 Å². The summed E-state index contributed by atoms with van der Waals surface area (Å²) >= 11 is 5.10. The summed E-state index contributed by atoms with van der Waals surface area (Å²) in [6, 6.07) is 13.3. The molecule has 280 valence electrons. The number of hydrogen-bond acceptors (Lipinski definition) is 11. The number of carbonyl (C=O) groups is 9. The Balaban J connectivity index is 0.000000347. The van der Waals surface area contributed by atoms with Crippen LogP contribution in [-0.4, -0.2) is 85.8 Å². The van der Waals surface area contributed by atoms with Crippen molar-refractivity contribution in [2.24, 2.45) is 5.73 Å². The first-order chi connectivity index (χ1) is 25.2. The molecule has 3 aromatic rings. The van der Waals surface area contributed by atoms with E-state index in [1.807, 2.05) is 0 Å². The van der Waals surface area contributed by atoms with Gasteiger partial charge < -0.3 is 37.3 Å². The third kappa shape index (κ3) is 17.8. The van der Waals surface area contributed by atoms with Gasteiger partial charge >= 0.3 is 35.5 Å². The van der Waals surface area contributed by atoms with Crippen LogP contribution in [0.15, 0.2) is 79.4 Å². The Morgan fingerprint density at radius 3 is 1.44 bits per heavy atom. The minimum atomic E-state index is -0.944. The fraction of sp³-hybridized carbons (Fsp3) is 0.265. The molecule has 20 heteroatoms. The van der Waals surface area contributed by atoms with E-state index in [9.17, 15) is 43.2 Å². The maximum absolute atomic E-state index is 11.6. The standard InChI is InChI=1S/C12H12N2O3.2C6H6N2O.C5H6ClNO2.C5H7NO3.Na/c15-10-7-6-9(13-10)12(17)14-11(16)8-4-2-1-3-5-8;2*7-6(9)5-2-1-3-8-4-5;6-5(9)3-1-2-4(8)7-3;7-4-2-1-3(6-4)5(8)9;/h1-5,9H,6-7H2,(H,13,15)(H,14,16,17);2*1-4H,(H2,7,9);3H,1-2H2,(H,7,8);3H,1-2H2,(H,6,7)(H,8,9);/q;;;;;+1/p-1. The topological polar surface area (TPSA) is 298 Å². The summed E-state index contributed by atoms with van der Waals surface area (Å²) in [7, 11) is 0. The quantitative estimate of drug-likeness (QED) is 0.0906. The van der Waals surface area contributed by atoms with E-state index >= 15 is 0 Å². The summed E-state index contributed by atoms with van der Waals surface area (Å²) in [6.07, 6.45) is 8.45. The second kappa shape index (κ2) is 24.6. The van der Waals surface area contributed by atoms with Gasteiger partial charge in [-0.3, -0.25) is 48.8 Å². The molecule has 0 bridgehead atoms. The molecule has 3 atom stereocenters. The Morgan fingerprint density at radius 1 is 0.704 bits per heavy atom. The molecule has 3 unspecified atom stereocenters. The summed E-state index contributed by atoms with van der Waals surface area (Å²) in [5.74, 6) is -3.39. The van der Waals surface area contributed by atoms with Crippen LogP contribution < -0.4 is 56.6 Å². The second-order valence-corrected chi connectivity index (χ2v) is 11.4. The van der Waals surface area contributed by atoms with Gasteiger partial charge in [-0.25, -0.2) is 4.79 Å². The normalized spacial score (nSPS) is 17.4. The Hall–Kier alpha value is -5.56. The number of rotatable bonds is 6. The smallest absolute Gasteiger partial charge is 0.664 e. The fourth-order valence-electron chi connectivity index (χ4n) is 4.26. The molecule has 8 N–H and O–H groups in total. The van der Waals surface area contributed by atoms with Crippen LogP contribution in [0.3, 0.4) is 0 Å². The summed E-state index contributed by atoms with van der Waals surface area (Å²) in [5, 5.41) is 17.4. The molecule has 3 aliphatic rings. The number of nitrogens with zero attached hydrogens (tertiary/aromatic N) is 2. The van der Waals surface area contributed by atoms with Crippen LogP contribution in [0.5, 0.6) is 0 Å². The van der Waals surface area contributed by atoms with Crippen molar-refractivity contribution in [2.75, 3.05) is 0 Å². The monoisotopic (exact) mass is 774 g/mol. The number of aliphatic carboxylic acids is 1. The Kier molecular flexibility index (Phi) is 21.2. The number of primary amides is 1. The molecule has 0 spiro atoms. The van der Waals surface area contributed by atoms with Gasteiger partial charge in [-0.2, -0.15) is 0 Å². The predicted molar refractivity (Wildman–Crippen MR) is 187 cm³/mol. The number of carbonyl (C=O) groups excluding carboxylic acids is 8. The molecule has 0 radical (unpaired) electrons. The fourth-order valence-corrected chi connectivity index (χ4v) is 4.42. The molecule has 0 saturated carbocycles. The van der Waals surface area contributed by atoms with Gasteiger partial charge in [-0.1, -0.05) is 18.2 Å². The molecule has 1 aromatic carbocycles. The minimum absolute atomic E-state index is 0. The maximum Gasteiger partial charge on any atom is 1.00 e. The van der Waals surface area contributed by atoms with E-state index in [1.165, 1.54) is 12.4 Å². The van der Waals surface area contributed by atoms with E-state index in [2.05, 4.69) is 31.2 Å². The van der Waals surface area contributed by atoms with Crippen LogP contribution in [0.4, 0.5) is 0 Å². The van der Waals surface area contributed by atoms with Crippen LogP contribution in [0.1, 0.15) is 69.6 Å². The van der Waals surface area contributed by atoms with E-state index < -0.39 is 53.0 Å². The zero-order valence-electron chi connectivity index (χ0n) is 29.0. The van der Waals surface area contributed by atoms with E-state index in [0.717, 1.165) is 0 Å². The first kappa shape index (κ1) is 46.5. The molecule has 0 aliphatic carbocycles. The molecular formula is C34H36ClN8NaO10. The largest absolute Gasteiger partial charge is 1.00 e. The van der Waals surface area contributed by atoms with E-state index in [-0.39, 0.29) is 47.3 Å². The molecule has 6 rings (SSSR count). The molecule has 5 heterocycles. The number of pyridine rings is 2. The number of imide groups is 1. The van der Waals surface area contributed by atoms with Gasteiger partial charge in [0.25, 0.3) is 5.91 Å². The maximum atomic E-state index is 11.6. The molecule has 2 aromatic heterocycles. The molecule has 54 heavy (non-hydrogen) atoms. The zero-order chi connectivity index (χ0) is 39.3. The SMILES string of the molecule is NC(=O)c1cccnc1.O=C1CCC(C(=O)Cl)N1.O=C1CCC(C(=O)NC(=O)c2ccccc2)N1.O=C1CCC(C(=O)O)N1.[NH-]C(=O)c1cccnc1.[Na+]. The van der Waals surface area contributed by atoms with Gasteiger partial charge in [-0.15, -0.1) is 0 Å². The van der Waals surface area contributed by atoms with Gasteiger partial charge in [0.05, 0.1) is 11.5 Å². The Labute approximate surface area is 335 Å². The summed E-state index contributed by atoms with van der Waals surface area (Å²) < 4.78 is 0. The minimum Gasteiger partial charge on any atom is -0.664 e. The van der Waals surface area contributed by atoms with Gasteiger partial charge in [0.1, 0.15) is 18.1 Å². The average molecular weight is 775 g/mol. The Bertz CT molecular complexity index is 1690. The molecular weight excluding hydrogens is 739 g/mol. The number of hydrogen-bond donors (Lipinski definition) is 6. The predicted octanol–water partition coefficient (Wildman–Crippen LogP) is -1.94. The number of amides is 7. The van der Waals surface area contributed by atoms with Gasteiger partial charge in [-0.05, 0) is 67.3 Å². The van der Waals surface area contributed by atoms with Crippen LogP contribution >= 0.6 is 11.6 Å². The summed E-state index contributed by atoms with van der Waals surface area (Å²) in [5.41, 5.74) is 12.8. The van der Waals surface area contributed by atoms with Crippen LogP contribution in [0.2, 0.25) is 0 Å². The average Bonchev–Trinajstić information content (AvgIpc) is 3.92. The van der Waals surface area contributed by atoms with Gasteiger partial charge in [0.15, 0.2) is 0 Å². The molecule has 18 nitrogen and oxygen atoms in total. The van der Waals surface area contributed by atoms with Gasteiger partial charge in [0, 0.05) is 55.2 Å². The van der Waals surface area contributed by atoms with Crippen molar-refractivity contribution >= 4 is 64.2 Å². The number of halogens is 1. The molecule has 3 fully saturated rings.